The number of nitrogens with two attached hydrogens (primary N) is 1. The Bertz CT molecular complexity index is 354. The minimum Gasteiger partial charge on any atom is -0.366 e. The largest absolute Gasteiger partial charge is 0.366 e. The van der Waals surface area contributed by atoms with E-state index in [2.05, 4.69) is 9.88 Å². The summed E-state index contributed by atoms with van der Waals surface area (Å²) in [6.07, 6.45) is 4.16. The minimum atomic E-state index is 0.435. The maximum Gasteiger partial charge on any atom is 0.0851 e. The predicted molar refractivity (Wildman–Crippen MR) is 63.4 cm³/mol. The van der Waals surface area contributed by atoms with Crippen molar-refractivity contribution in [2.24, 2.45) is 5.73 Å². The van der Waals surface area contributed by atoms with Crippen LogP contribution >= 0.6 is 11.6 Å². The highest BCUT2D eigenvalue weighted by molar-refractivity contribution is 6.33. The van der Waals surface area contributed by atoms with Gasteiger partial charge in [-0.3, -0.25) is 4.98 Å². The van der Waals surface area contributed by atoms with Gasteiger partial charge in [-0.1, -0.05) is 11.6 Å². The normalized spacial score (nSPS) is 21.0. The highest BCUT2D eigenvalue weighted by Crippen LogP contribution is 2.32. The Morgan fingerprint density at radius 1 is 1.67 bits per heavy atom. The van der Waals surface area contributed by atoms with E-state index in [1.54, 1.807) is 0 Å². The molecule has 1 saturated heterocycles. The van der Waals surface area contributed by atoms with Crippen molar-refractivity contribution >= 4 is 17.3 Å². The molecule has 0 spiro atoms. The van der Waals surface area contributed by atoms with Gasteiger partial charge in [0.1, 0.15) is 0 Å². The van der Waals surface area contributed by atoms with Gasteiger partial charge in [0.15, 0.2) is 0 Å². The van der Waals surface area contributed by atoms with Gasteiger partial charge in [0.05, 0.1) is 16.4 Å². The molecule has 0 bridgehead atoms. The van der Waals surface area contributed by atoms with Crippen molar-refractivity contribution in [3.8, 4) is 0 Å². The maximum atomic E-state index is 6.25. The van der Waals surface area contributed by atoms with Crippen LogP contribution in [0.2, 0.25) is 5.02 Å². The molecular formula is C11H16ClN3. The molecule has 1 fully saturated rings. The number of rotatable bonds is 2. The summed E-state index contributed by atoms with van der Waals surface area (Å²) in [6.45, 7) is 3.67. The Hall–Kier alpha value is -0.800. The van der Waals surface area contributed by atoms with E-state index in [0.717, 1.165) is 29.4 Å². The Kier molecular flexibility index (Phi) is 3.12. The van der Waals surface area contributed by atoms with Crippen LogP contribution in [0.5, 0.6) is 0 Å². The van der Waals surface area contributed by atoms with E-state index in [0.29, 0.717) is 12.6 Å². The van der Waals surface area contributed by atoms with E-state index in [9.17, 15) is 0 Å². The number of aromatic nitrogens is 1. The first-order valence-corrected chi connectivity index (χ1v) is 5.69. The van der Waals surface area contributed by atoms with Crippen molar-refractivity contribution in [1.29, 1.82) is 0 Å². The zero-order valence-corrected chi connectivity index (χ0v) is 9.67. The number of anilines is 1. The summed E-state index contributed by atoms with van der Waals surface area (Å²) < 4.78 is 0. The SMILES string of the molecule is Cc1nccc(N2CCCC2CN)c1Cl. The highest BCUT2D eigenvalue weighted by atomic mass is 35.5. The standard InChI is InChI=1S/C11H16ClN3/c1-8-11(12)10(4-5-14-8)15-6-2-3-9(15)7-13/h4-5,9H,2-3,6-7,13H2,1H3. The fourth-order valence-electron chi connectivity index (χ4n) is 2.15. The first kappa shape index (κ1) is 10.7. The molecule has 0 aromatic carbocycles. The Morgan fingerprint density at radius 2 is 2.47 bits per heavy atom. The van der Waals surface area contributed by atoms with Crippen LogP contribution in [0.15, 0.2) is 12.3 Å². The van der Waals surface area contributed by atoms with Crippen LogP contribution < -0.4 is 10.6 Å². The summed E-state index contributed by atoms with van der Waals surface area (Å²) >= 11 is 6.25. The van der Waals surface area contributed by atoms with E-state index < -0.39 is 0 Å². The van der Waals surface area contributed by atoms with Crippen molar-refractivity contribution in [2.45, 2.75) is 25.8 Å². The topological polar surface area (TPSA) is 42.2 Å². The van der Waals surface area contributed by atoms with Crippen molar-refractivity contribution in [3.63, 3.8) is 0 Å². The molecule has 15 heavy (non-hydrogen) atoms. The van der Waals surface area contributed by atoms with Crippen molar-refractivity contribution in [3.05, 3.63) is 23.0 Å². The van der Waals surface area contributed by atoms with Crippen LogP contribution in [0.25, 0.3) is 0 Å². The van der Waals surface area contributed by atoms with Crippen molar-refractivity contribution in [1.82, 2.24) is 4.98 Å². The predicted octanol–water partition coefficient (Wildman–Crippen LogP) is 1.97. The Morgan fingerprint density at radius 3 is 3.20 bits per heavy atom. The van der Waals surface area contributed by atoms with E-state index >= 15 is 0 Å². The molecule has 3 nitrogen and oxygen atoms in total. The third-order valence-electron chi connectivity index (χ3n) is 3.00. The lowest BCUT2D eigenvalue weighted by Crippen LogP contribution is -2.35. The summed E-state index contributed by atoms with van der Waals surface area (Å²) in [4.78, 5) is 6.47. The van der Waals surface area contributed by atoms with E-state index in [1.807, 2.05) is 19.2 Å². The van der Waals surface area contributed by atoms with Crippen LogP contribution in [0.3, 0.4) is 0 Å². The average molecular weight is 226 g/mol. The first-order chi connectivity index (χ1) is 7.24. The molecule has 1 aromatic heterocycles. The zero-order valence-electron chi connectivity index (χ0n) is 8.91. The van der Waals surface area contributed by atoms with E-state index in [-0.39, 0.29) is 0 Å². The van der Waals surface area contributed by atoms with Gasteiger partial charge in [0.25, 0.3) is 0 Å². The summed E-state index contributed by atoms with van der Waals surface area (Å²) in [5.74, 6) is 0. The Balaban J connectivity index is 2.32. The molecule has 1 aliphatic rings. The molecular weight excluding hydrogens is 210 g/mol. The second-order valence-corrected chi connectivity index (χ2v) is 4.33. The number of hydrogen-bond donors (Lipinski definition) is 1. The molecule has 2 heterocycles. The fraction of sp³-hybridized carbons (Fsp3) is 0.545. The number of nitrogens with zero attached hydrogens (tertiary/aromatic N) is 2. The summed E-state index contributed by atoms with van der Waals surface area (Å²) in [6, 6.07) is 2.41. The van der Waals surface area contributed by atoms with Gasteiger partial charge >= 0.3 is 0 Å². The lowest BCUT2D eigenvalue weighted by Gasteiger charge is -2.26. The molecule has 1 aliphatic heterocycles. The molecule has 0 radical (unpaired) electrons. The minimum absolute atomic E-state index is 0.435. The van der Waals surface area contributed by atoms with E-state index in [4.69, 9.17) is 17.3 Å². The first-order valence-electron chi connectivity index (χ1n) is 5.32. The maximum absolute atomic E-state index is 6.25. The van der Waals surface area contributed by atoms with Crippen LogP contribution in [-0.4, -0.2) is 24.1 Å². The average Bonchev–Trinajstić information content (AvgIpc) is 2.70. The van der Waals surface area contributed by atoms with Crippen LogP contribution in [0.1, 0.15) is 18.5 Å². The summed E-state index contributed by atoms with van der Waals surface area (Å²) in [5.41, 5.74) is 7.72. The van der Waals surface area contributed by atoms with Gasteiger partial charge in [-0.25, -0.2) is 0 Å². The number of hydrogen-bond acceptors (Lipinski definition) is 3. The third kappa shape index (κ3) is 1.94. The molecule has 82 valence electrons. The number of halogens is 1. The quantitative estimate of drug-likeness (QED) is 0.837. The Labute approximate surface area is 95.2 Å². The molecule has 0 amide bonds. The third-order valence-corrected chi connectivity index (χ3v) is 3.47. The number of pyridine rings is 1. The van der Waals surface area contributed by atoms with Gasteiger partial charge in [0.2, 0.25) is 0 Å². The molecule has 0 saturated carbocycles. The molecule has 1 aromatic rings. The van der Waals surface area contributed by atoms with Crippen LogP contribution in [-0.2, 0) is 0 Å². The smallest absolute Gasteiger partial charge is 0.0851 e. The van der Waals surface area contributed by atoms with Gasteiger partial charge in [-0.2, -0.15) is 0 Å². The van der Waals surface area contributed by atoms with Crippen molar-refractivity contribution < 1.29 is 0 Å². The molecule has 2 rings (SSSR count). The molecule has 4 heteroatoms. The van der Waals surface area contributed by atoms with Gasteiger partial charge in [-0.05, 0) is 25.8 Å². The monoisotopic (exact) mass is 225 g/mol. The van der Waals surface area contributed by atoms with Crippen molar-refractivity contribution in [2.75, 3.05) is 18.0 Å². The zero-order chi connectivity index (χ0) is 10.8. The second-order valence-electron chi connectivity index (χ2n) is 3.95. The van der Waals surface area contributed by atoms with E-state index in [1.165, 1.54) is 6.42 Å². The molecule has 2 N–H and O–H groups in total. The number of aryl methyl sites for hydroxylation is 1. The second kappa shape index (κ2) is 4.37. The molecule has 1 atom stereocenters. The molecule has 1 unspecified atom stereocenters. The summed E-state index contributed by atoms with van der Waals surface area (Å²) in [7, 11) is 0. The van der Waals surface area contributed by atoms with Gasteiger partial charge < -0.3 is 10.6 Å². The van der Waals surface area contributed by atoms with Gasteiger partial charge in [-0.15, -0.1) is 0 Å². The summed E-state index contributed by atoms with van der Waals surface area (Å²) in [5, 5.41) is 0.762. The van der Waals surface area contributed by atoms with Gasteiger partial charge in [0, 0.05) is 25.3 Å². The fourth-order valence-corrected chi connectivity index (χ4v) is 2.37. The van der Waals surface area contributed by atoms with Crippen LogP contribution in [0.4, 0.5) is 5.69 Å². The lowest BCUT2D eigenvalue weighted by molar-refractivity contribution is 0.677. The highest BCUT2D eigenvalue weighted by Gasteiger charge is 2.25. The lowest BCUT2D eigenvalue weighted by atomic mass is 10.2. The van der Waals surface area contributed by atoms with Crippen LogP contribution in [0, 0.1) is 6.92 Å². The molecule has 0 aliphatic carbocycles.